The van der Waals surface area contributed by atoms with Crippen molar-refractivity contribution in [3.8, 4) is 28.5 Å². The molecular weight excluding hydrogens is 404 g/mol. The van der Waals surface area contributed by atoms with Crippen molar-refractivity contribution in [3.05, 3.63) is 70.7 Å². The Morgan fingerprint density at radius 2 is 1.79 bits per heavy atom. The summed E-state index contributed by atoms with van der Waals surface area (Å²) >= 11 is 7.24. The van der Waals surface area contributed by atoms with Crippen molar-refractivity contribution in [2.75, 3.05) is 12.4 Å². The van der Waals surface area contributed by atoms with E-state index in [1.54, 1.807) is 19.1 Å². The van der Waals surface area contributed by atoms with Crippen LogP contribution in [0.1, 0.15) is 18.1 Å². The first-order chi connectivity index (χ1) is 14.0. The molecule has 0 spiro atoms. The third kappa shape index (κ3) is 5.17. The molecule has 1 aromatic heterocycles. The first-order valence-electron chi connectivity index (χ1n) is 9.08. The molecule has 29 heavy (non-hydrogen) atoms. The van der Waals surface area contributed by atoms with Crippen molar-refractivity contribution in [3.63, 3.8) is 0 Å². The molecule has 0 aliphatic carbocycles. The number of hydrogen-bond donors (Lipinski definition) is 0. The zero-order valence-electron chi connectivity index (χ0n) is 16.1. The van der Waals surface area contributed by atoms with Gasteiger partial charge in [-0.3, -0.25) is 4.79 Å². The van der Waals surface area contributed by atoms with E-state index in [0.717, 1.165) is 27.9 Å². The predicted molar refractivity (Wildman–Crippen MR) is 117 cm³/mol. The molecule has 0 bridgehead atoms. The Bertz CT molecular complexity index is 1060. The molecule has 1 heterocycles. The number of pyridine rings is 1. The largest absolute Gasteiger partial charge is 0.465 e. The van der Waals surface area contributed by atoms with E-state index in [1.165, 1.54) is 11.8 Å². The van der Waals surface area contributed by atoms with Gasteiger partial charge >= 0.3 is 5.97 Å². The van der Waals surface area contributed by atoms with Crippen LogP contribution in [0.15, 0.2) is 59.6 Å². The second-order valence-electron chi connectivity index (χ2n) is 6.31. The number of ether oxygens (including phenoxy) is 1. The van der Waals surface area contributed by atoms with Crippen molar-refractivity contribution in [2.45, 2.75) is 18.9 Å². The van der Waals surface area contributed by atoms with Gasteiger partial charge in [-0.2, -0.15) is 5.26 Å². The van der Waals surface area contributed by atoms with Gasteiger partial charge in [0, 0.05) is 16.1 Å². The fraction of sp³-hybridized carbons (Fsp3) is 0.174. The Balaban J connectivity index is 2.12. The van der Waals surface area contributed by atoms with E-state index in [1.807, 2.05) is 49.4 Å². The lowest BCUT2D eigenvalue weighted by atomic mass is 9.99. The predicted octanol–water partition coefficient (Wildman–Crippen LogP) is 5.90. The topological polar surface area (TPSA) is 63.0 Å². The van der Waals surface area contributed by atoms with Crippen LogP contribution in [-0.4, -0.2) is 23.3 Å². The smallest absolute Gasteiger partial charge is 0.316 e. The average Bonchev–Trinajstić information content (AvgIpc) is 2.73. The van der Waals surface area contributed by atoms with Crippen molar-refractivity contribution in [1.29, 1.82) is 5.26 Å². The van der Waals surface area contributed by atoms with Crippen molar-refractivity contribution < 1.29 is 9.53 Å². The number of rotatable bonds is 6. The summed E-state index contributed by atoms with van der Waals surface area (Å²) in [5, 5.41) is 11.0. The van der Waals surface area contributed by atoms with E-state index < -0.39 is 0 Å². The minimum absolute atomic E-state index is 0.0902. The summed E-state index contributed by atoms with van der Waals surface area (Å²) in [4.78, 5) is 16.5. The molecule has 0 amide bonds. The number of carbonyl (C=O) groups excluding carboxylic acids is 1. The van der Waals surface area contributed by atoms with Gasteiger partial charge in [-0.15, -0.1) is 0 Å². The number of nitriles is 1. The Hall–Kier alpha value is -2.81. The highest BCUT2D eigenvalue weighted by molar-refractivity contribution is 7.99. The van der Waals surface area contributed by atoms with Crippen LogP contribution in [0.5, 0.6) is 0 Å². The van der Waals surface area contributed by atoms with Gasteiger partial charge in [-0.1, -0.05) is 65.3 Å². The van der Waals surface area contributed by atoms with Crippen LogP contribution in [0, 0.1) is 18.3 Å². The fourth-order valence-corrected chi connectivity index (χ4v) is 3.72. The molecule has 0 N–H and O–H groups in total. The van der Waals surface area contributed by atoms with Gasteiger partial charge < -0.3 is 4.74 Å². The third-order valence-electron chi connectivity index (χ3n) is 4.23. The zero-order chi connectivity index (χ0) is 20.8. The number of halogens is 1. The molecule has 0 atom stereocenters. The molecule has 0 radical (unpaired) electrons. The summed E-state index contributed by atoms with van der Waals surface area (Å²) in [6.45, 7) is 4.10. The minimum Gasteiger partial charge on any atom is -0.465 e. The maximum absolute atomic E-state index is 11.8. The molecule has 0 aliphatic rings. The van der Waals surface area contributed by atoms with Crippen molar-refractivity contribution in [2.24, 2.45) is 0 Å². The second-order valence-corrected chi connectivity index (χ2v) is 7.71. The minimum atomic E-state index is -0.336. The number of esters is 1. The van der Waals surface area contributed by atoms with E-state index in [-0.39, 0.29) is 11.7 Å². The summed E-state index contributed by atoms with van der Waals surface area (Å²) in [6, 6.07) is 19.5. The molecule has 0 saturated carbocycles. The Morgan fingerprint density at radius 3 is 2.41 bits per heavy atom. The SMILES string of the molecule is CCOC(=O)CSc1nc(-c2ccc(C)cc2)cc(-c2ccc(Cl)cc2)c1C#N. The molecule has 3 aromatic rings. The number of hydrogen-bond acceptors (Lipinski definition) is 5. The molecule has 0 saturated heterocycles. The highest BCUT2D eigenvalue weighted by Gasteiger charge is 2.17. The number of thioether (sulfide) groups is 1. The lowest BCUT2D eigenvalue weighted by Crippen LogP contribution is -2.07. The highest BCUT2D eigenvalue weighted by atomic mass is 35.5. The van der Waals surface area contributed by atoms with Crippen LogP contribution in [-0.2, 0) is 9.53 Å². The third-order valence-corrected chi connectivity index (χ3v) is 5.43. The van der Waals surface area contributed by atoms with Gasteiger partial charge in [-0.25, -0.2) is 4.98 Å². The number of aryl methyl sites for hydroxylation is 1. The zero-order valence-corrected chi connectivity index (χ0v) is 17.7. The number of benzene rings is 2. The molecular formula is C23H19ClN2O2S. The lowest BCUT2D eigenvalue weighted by Gasteiger charge is -2.13. The number of nitrogens with zero attached hydrogens (tertiary/aromatic N) is 2. The summed E-state index contributed by atoms with van der Waals surface area (Å²) in [6.07, 6.45) is 0. The van der Waals surface area contributed by atoms with E-state index in [9.17, 15) is 10.1 Å². The van der Waals surface area contributed by atoms with Gasteiger partial charge in [0.05, 0.1) is 23.6 Å². The van der Waals surface area contributed by atoms with Gasteiger partial charge in [0.25, 0.3) is 0 Å². The van der Waals surface area contributed by atoms with Crippen LogP contribution in [0.4, 0.5) is 0 Å². The first kappa shape index (κ1) is 20.9. The Kier molecular flexibility index (Phi) is 6.92. The number of carbonyl (C=O) groups is 1. The molecule has 2 aromatic carbocycles. The summed E-state index contributed by atoms with van der Waals surface area (Å²) < 4.78 is 5.01. The van der Waals surface area contributed by atoms with E-state index >= 15 is 0 Å². The van der Waals surface area contributed by atoms with E-state index in [0.29, 0.717) is 22.2 Å². The number of aromatic nitrogens is 1. The second kappa shape index (κ2) is 9.60. The summed E-state index contributed by atoms with van der Waals surface area (Å²) in [5.41, 5.74) is 4.86. The van der Waals surface area contributed by atoms with Gasteiger partial charge in [0.1, 0.15) is 11.1 Å². The monoisotopic (exact) mass is 422 g/mol. The highest BCUT2D eigenvalue weighted by Crippen LogP contribution is 2.34. The van der Waals surface area contributed by atoms with Crippen LogP contribution in [0.25, 0.3) is 22.4 Å². The summed E-state index contributed by atoms with van der Waals surface area (Å²) in [7, 11) is 0. The van der Waals surface area contributed by atoms with Gasteiger partial charge in [0.15, 0.2) is 0 Å². The molecule has 4 nitrogen and oxygen atoms in total. The quantitative estimate of drug-likeness (QED) is 0.365. The molecule has 6 heteroatoms. The van der Waals surface area contributed by atoms with Crippen molar-refractivity contribution >= 4 is 29.3 Å². The Labute approximate surface area is 179 Å². The molecule has 3 rings (SSSR count). The maximum atomic E-state index is 11.8. The first-order valence-corrected chi connectivity index (χ1v) is 10.4. The summed E-state index contributed by atoms with van der Waals surface area (Å²) in [5.74, 6) is -0.246. The van der Waals surface area contributed by atoms with Crippen LogP contribution in [0.2, 0.25) is 5.02 Å². The van der Waals surface area contributed by atoms with E-state index in [4.69, 9.17) is 16.3 Å². The average molecular weight is 423 g/mol. The molecule has 0 aliphatic heterocycles. The molecule has 146 valence electrons. The lowest BCUT2D eigenvalue weighted by molar-refractivity contribution is -0.139. The maximum Gasteiger partial charge on any atom is 0.316 e. The fourth-order valence-electron chi connectivity index (χ4n) is 2.79. The van der Waals surface area contributed by atoms with Crippen LogP contribution >= 0.6 is 23.4 Å². The Morgan fingerprint density at radius 1 is 1.14 bits per heavy atom. The van der Waals surface area contributed by atoms with Gasteiger partial charge in [-0.05, 0) is 37.6 Å². The van der Waals surface area contributed by atoms with Crippen LogP contribution < -0.4 is 0 Å². The van der Waals surface area contributed by atoms with Crippen molar-refractivity contribution in [1.82, 2.24) is 4.98 Å². The van der Waals surface area contributed by atoms with Crippen LogP contribution in [0.3, 0.4) is 0 Å². The normalized spacial score (nSPS) is 10.4. The standard InChI is InChI=1S/C23H19ClN2O2S/c1-3-28-22(27)14-29-23-20(13-25)19(16-8-10-18(24)11-9-16)12-21(26-23)17-6-4-15(2)5-7-17/h4-12H,3,14H2,1-2H3. The van der Waals surface area contributed by atoms with E-state index in [2.05, 4.69) is 11.1 Å². The molecule has 0 fully saturated rings. The van der Waals surface area contributed by atoms with Gasteiger partial charge in [0.2, 0.25) is 0 Å². The molecule has 0 unspecified atom stereocenters.